The lowest BCUT2D eigenvalue weighted by Crippen LogP contribution is -2.27. The van der Waals surface area contributed by atoms with Crippen molar-refractivity contribution in [3.8, 4) is 5.75 Å². The number of benzene rings is 2. The Bertz CT molecular complexity index is 993. The Kier molecular flexibility index (Phi) is 7.36. The van der Waals surface area contributed by atoms with Crippen LogP contribution in [-0.2, 0) is 20.9 Å². The number of carbonyl (C=O) groups excluding carboxylic acids is 3. The first-order valence-electron chi connectivity index (χ1n) is 8.36. The lowest BCUT2D eigenvalue weighted by molar-refractivity contribution is -0.142. The molecule has 1 aliphatic rings. The minimum atomic E-state index is -0.517. The predicted molar refractivity (Wildman–Crippen MR) is 122 cm³/mol. The summed E-state index contributed by atoms with van der Waals surface area (Å²) in [6.45, 7) is -0.0453. The average molecular weight is 588 g/mol. The minimum Gasteiger partial charge on any atom is -0.481 e. The SMILES string of the molecule is COC(=O)COc1ccc(Br)cc1/C=C1\SC(=O)N(Cc2ccc(I)cc2)C1=O. The summed E-state index contributed by atoms with van der Waals surface area (Å²) in [5.41, 5.74) is 1.45. The number of hydrogen-bond donors (Lipinski definition) is 0. The fraction of sp³-hybridized carbons (Fsp3) is 0.150. The van der Waals surface area contributed by atoms with Crippen LogP contribution in [0, 0.1) is 3.57 Å². The van der Waals surface area contributed by atoms with E-state index in [0.29, 0.717) is 16.2 Å². The Balaban J connectivity index is 1.82. The molecule has 1 fully saturated rings. The third-order valence-electron chi connectivity index (χ3n) is 3.96. The molecule has 2 aromatic rings. The molecule has 150 valence electrons. The number of carbonyl (C=O) groups is 3. The van der Waals surface area contributed by atoms with Crippen LogP contribution in [0.1, 0.15) is 11.1 Å². The maximum Gasteiger partial charge on any atom is 0.343 e. The number of nitrogens with zero attached hydrogens (tertiary/aromatic N) is 1. The van der Waals surface area contributed by atoms with E-state index in [1.54, 1.807) is 24.3 Å². The smallest absolute Gasteiger partial charge is 0.343 e. The summed E-state index contributed by atoms with van der Waals surface area (Å²) in [5, 5.41) is -0.327. The summed E-state index contributed by atoms with van der Waals surface area (Å²) in [5.74, 6) is -0.475. The molecule has 2 amide bonds. The number of thioether (sulfide) groups is 1. The van der Waals surface area contributed by atoms with Crippen molar-refractivity contribution >= 4 is 73.5 Å². The minimum absolute atomic E-state index is 0.211. The monoisotopic (exact) mass is 587 g/mol. The van der Waals surface area contributed by atoms with Crippen molar-refractivity contribution < 1.29 is 23.9 Å². The van der Waals surface area contributed by atoms with Crippen LogP contribution in [0.2, 0.25) is 0 Å². The van der Waals surface area contributed by atoms with E-state index in [2.05, 4.69) is 43.3 Å². The number of rotatable bonds is 6. The highest BCUT2D eigenvalue weighted by Gasteiger charge is 2.35. The van der Waals surface area contributed by atoms with Gasteiger partial charge in [-0.3, -0.25) is 14.5 Å². The summed E-state index contributed by atoms with van der Waals surface area (Å²) in [7, 11) is 1.28. The van der Waals surface area contributed by atoms with Crippen molar-refractivity contribution in [2.45, 2.75) is 6.54 Å². The molecule has 0 saturated carbocycles. The number of imide groups is 1. The maximum atomic E-state index is 12.8. The molecule has 0 radical (unpaired) electrons. The van der Waals surface area contributed by atoms with Crippen LogP contribution in [0.15, 0.2) is 51.8 Å². The van der Waals surface area contributed by atoms with Crippen LogP contribution in [0.3, 0.4) is 0 Å². The first kappa shape index (κ1) is 21.8. The fourth-order valence-corrected chi connectivity index (χ4v) is 4.08. The molecule has 1 aliphatic heterocycles. The summed E-state index contributed by atoms with van der Waals surface area (Å²) in [6, 6.07) is 12.8. The van der Waals surface area contributed by atoms with Gasteiger partial charge < -0.3 is 9.47 Å². The van der Waals surface area contributed by atoms with Crippen LogP contribution in [0.25, 0.3) is 6.08 Å². The van der Waals surface area contributed by atoms with Gasteiger partial charge in [-0.25, -0.2) is 4.79 Å². The number of methoxy groups -OCH3 is 1. The number of ether oxygens (including phenoxy) is 2. The van der Waals surface area contributed by atoms with E-state index in [4.69, 9.17) is 4.74 Å². The third-order valence-corrected chi connectivity index (χ3v) is 6.08. The third kappa shape index (κ3) is 5.61. The predicted octanol–water partition coefficient (Wildman–Crippen LogP) is 4.84. The molecule has 6 nitrogen and oxygen atoms in total. The largest absolute Gasteiger partial charge is 0.481 e. The van der Waals surface area contributed by atoms with Crippen LogP contribution in [0.4, 0.5) is 4.79 Å². The molecule has 0 aromatic heterocycles. The van der Waals surface area contributed by atoms with E-state index >= 15 is 0 Å². The molecular weight excluding hydrogens is 573 g/mol. The van der Waals surface area contributed by atoms with Crippen LogP contribution < -0.4 is 4.74 Å². The molecule has 0 N–H and O–H groups in total. The Labute approximate surface area is 193 Å². The van der Waals surface area contributed by atoms with Crippen molar-refractivity contribution in [2.75, 3.05) is 13.7 Å². The number of amides is 2. The molecule has 29 heavy (non-hydrogen) atoms. The summed E-state index contributed by atoms with van der Waals surface area (Å²) >= 11 is 6.46. The molecule has 9 heteroatoms. The van der Waals surface area contributed by atoms with Crippen molar-refractivity contribution in [1.82, 2.24) is 4.90 Å². The highest BCUT2D eigenvalue weighted by atomic mass is 127. The molecule has 3 rings (SSSR count). The van der Waals surface area contributed by atoms with E-state index in [-0.39, 0.29) is 24.3 Å². The summed E-state index contributed by atoms with van der Waals surface area (Å²) in [4.78, 5) is 38.0. The van der Waals surface area contributed by atoms with E-state index in [0.717, 1.165) is 25.4 Å². The Morgan fingerprint density at radius 3 is 2.62 bits per heavy atom. The Morgan fingerprint density at radius 1 is 1.21 bits per heavy atom. The zero-order valence-electron chi connectivity index (χ0n) is 15.2. The van der Waals surface area contributed by atoms with Gasteiger partial charge in [0.05, 0.1) is 18.6 Å². The van der Waals surface area contributed by atoms with E-state index in [9.17, 15) is 14.4 Å². The lowest BCUT2D eigenvalue weighted by atomic mass is 10.1. The molecule has 0 atom stereocenters. The molecule has 0 spiro atoms. The zero-order chi connectivity index (χ0) is 21.0. The molecule has 2 aromatic carbocycles. The highest BCUT2D eigenvalue weighted by molar-refractivity contribution is 14.1. The van der Waals surface area contributed by atoms with Gasteiger partial charge in [-0.15, -0.1) is 0 Å². The second-order valence-electron chi connectivity index (χ2n) is 5.94. The summed E-state index contributed by atoms with van der Waals surface area (Å²) < 4.78 is 11.9. The number of hydrogen-bond acceptors (Lipinski definition) is 6. The van der Waals surface area contributed by atoms with E-state index in [1.807, 2.05) is 24.3 Å². The molecule has 1 heterocycles. The van der Waals surface area contributed by atoms with Gasteiger partial charge in [-0.05, 0) is 76.3 Å². The van der Waals surface area contributed by atoms with E-state index in [1.165, 1.54) is 12.0 Å². The maximum absolute atomic E-state index is 12.8. The molecule has 0 unspecified atom stereocenters. The van der Waals surface area contributed by atoms with Gasteiger partial charge >= 0.3 is 5.97 Å². The Hall–Kier alpha value is -1.85. The summed E-state index contributed by atoms with van der Waals surface area (Å²) in [6.07, 6.45) is 1.59. The quantitative estimate of drug-likeness (QED) is 0.274. The van der Waals surface area contributed by atoms with Gasteiger partial charge in [0, 0.05) is 13.6 Å². The second kappa shape index (κ2) is 9.77. The normalized spacial score (nSPS) is 15.1. The highest BCUT2D eigenvalue weighted by Crippen LogP contribution is 2.35. The van der Waals surface area contributed by atoms with Gasteiger partial charge in [-0.2, -0.15) is 0 Å². The van der Waals surface area contributed by atoms with Crippen LogP contribution in [-0.4, -0.2) is 35.7 Å². The zero-order valence-corrected chi connectivity index (χ0v) is 19.7. The van der Waals surface area contributed by atoms with Crippen molar-refractivity contribution in [1.29, 1.82) is 0 Å². The Morgan fingerprint density at radius 2 is 1.93 bits per heavy atom. The second-order valence-corrected chi connectivity index (χ2v) is 9.10. The van der Waals surface area contributed by atoms with Gasteiger partial charge in [0.2, 0.25) is 0 Å². The van der Waals surface area contributed by atoms with Crippen molar-refractivity contribution in [3.05, 3.63) is 66.5 Å². The first-order valence-corrected chi connectivity index (χ1v) is 11.0. The van der Waals surface area contributed by atoms with Crippen molar-refractivity contribution in [3.63, 3.8) is 0 Å². The van der Waals surface area contributed by atoms with Gasteiger partial charge in [0.15, 0.2) is 6.61 Å². The van der Waals surface area contributed by atoms with Gasteiger partial charge in [0.1, 0.15) is 5.75 Å². The topological polar surface area (TPSA) is 72.9 Å². The van der Waals surface area contributed by atoms with E-state index < -0.39 is 5.97 Å². The van der Waals surface area contributed by atoms with Gasteiger partial charge in [-0.1, -0.05) is 28.1 Å². The lowest BCUT2D eigenvalue weighted by Gasteiger charge is -2.12. The molecule has 0 aliphatic carbocycles. The fourth-order valence-electron chi connectivity index (χ4n) is 2.51. The standard InChI is InChI=1S/C20H15BrINO5S/c1-27-18(24)11-28-16-7-4-14(21)8-13(16)9-17-19(25)23(20(26)29-17)10-12-2-5-15(22)6-3-12/h2-9H,10-11H2,1H3/b17-9-. The first-order chi connectivity index (χ1) is 13.9. The molecule has 1 saturated heterocycles. The molecule has 0 bridgehead atoms. The number of esters is 1. The average Bonchev–Trinajstić information content (AvgIpc) is 2.96. The van der Waals surface area contributed by atoms with Crippen molar-refractivity contribution in [2.24, 2.45) is 0 Å². The van der Waals surface area contributed by atoms with Crippen LogP contribution in [0.5, 0.6) is 5.75 Å². The number of halogens is 2. The molecular formula is C20H15BrINO5S. The van der Waals surface area contributed by atoms with Crippen LogP contribution >= 0.6 is 50.3 Å². The van der Waals surface area contributed by atoms with Gasteiger partial charge in [0.25, 0.3) is 11.1 Å².